The van der Waals surface area contributed by atoms with Crippen molar-refractivity contribution in [1.29, 1.82) is 0 Å². The SMILES string of the molecule is CCOC(=O)Cc1ccc(NC(=O)C2=C(COC(C)=O)C(NC(C)=O)S[C@@H]3[C@H](c4cccs4)C(=O)N23)cc1. The average molecular weight is 558 g/mol. The van der Waals surface area contributed by atoms with Crippen molar-refractivity contribution in [1.82, 2.24) is 10.2 Å². The van der Waals surface area contributed by atoms with Gasteiger partial charge in [0.2, 0.25) is 11.8 Å². The van der Waals surface area contributed by atoms with Crippen LogP contribution in [-0.4, -0.2) is 58.5 Å². The Hall–Kier alpha value is -3.64. The first-order chi connectivity index (χ1) is 18.2. The van der Waals surface area contributed by atoms with Crippen molar-refractivity contribution < 1.29 is 33.4 Å². The number of nitrogens with zero attached hydrogens (tertiary/aromatic N) is 1. The Kier molecular flexibility index (Phi) is 8.52. The van der Waals surface area contributed by atoms with Crippen molar-refractivity contribution in [2.45, 2.75) is 43.9 Å². The van der Waals surface area contributed by atoms with Crippen molar-refractivity contribution >= 4 is 58.4 Å². The van der Waals surface area contributed by atoms with Crippen LogP contribution < -0.4 is 10.6 Å². The van der Waals surface area contributed by atoms with Gasteiger partial charge >= 0.3 is 11.9 Å². The number of amides is 3. The summed E-state index contributed by atoms with van der Waals surface area (Å²) >= 11 is 2.78. The van der Waals surface area contributed by atoms with Crippen LogP contribution in [0.4, 0.5) is 5.69 Å². The van der Waals surface area contributed by atoms with Gasteiger partial charge in [-0.3, -0.25) is 28.9 Å². The quantitative estimate of drug-likeness (QED) is 0.356. The summed E-state index contributed by atoms with van der Waals surface area (Å²) in [5.41, 5.74) is 1.51. The van der Waals surface area contributed by atoms with Crippen molar-refractivity contribution in [3.8, 4) is 0 Å². The first-order valence-corrected chi connectivity index (χ1v) is 13.7. The number of thioether (sulfide) groups is 1. The minimum absolute atomic E-state index is 0.0437. The monoisotopic (exact) mass is 557 g/mol. The number of fused-ring (bicyclic) bond motifs is 1. The van der Waals surface area contributed by atoms with Crippen LogP contribution >= 0.6 is 23.1 Å². The van der Waals surface area contributed by atoms with Crippen molar-refractivity contribution in [3.63, 3.8) is 0 Å². The van der Waals surface area contributed by atoms with Gasteiger partial charge in [-0.05, 0) is 36.1 Å². The second-order valence-corrected chi connectivity index (χ2v) is 10.8. The van der Waals surface area contributed by atoms with Crippen LogP contribution in [0.25, 0.3) is 0 Å². The molecular formula is C26H27N3O7S2. The predicted octanol–water partition coefficient (Wildman–Crippen LogP) is 2.77. The van der Waals surface area contributed by atoms with Crippen molar-refractivity contribution in [2.24, 2.45) is 0 Å². The van der Waals surface area contributed by atoms with Crippen LogP contribution in [0.2, 0.25) is 0 Å². The van der Waals surface area contributed by atoms with Gasteiger partial charge in [0.15, 0.2) is 0 Å². The molecule has 0 saturated carbocycles. The zero-order chi connectivity index (χ0) is 27.4. The third-order valence-electron chi connectivity index (χ3n) is 5.88. The fourth-order valence-electron chi connectivity index (χ4n) is 4.23. The Bertz CT molecular complexity index is 1270. The highest BCUT2D eigenvalue weighted by atomic mass is 32.2. The molecule has 2 N–H and O–H groups in total. The fourth-order valence-corrected chi connectivity index (χ4v) is 6.77. The fraction of sp³-hybridized carbons (Fsp3) is 0.346. The van der Waals surface area contributed by atoms with E-state index in [1.807, 2.05) is 17.5 Å². The minimum atomic E-state index is -0.684. The molecule has 3 amide bonds. The molecule has 2 aromatic rings. The molecule has 3 heterocycles. The maximum absolute atomic E-state index is 13.6. The van der Waals surface area contributed by atoms with E-state index in [9.17, 15) is 24.0 Å². The number of hydrogen-bond acceptors (Lipinski definition) is 9. The number of β-lactam (4-membered cyclic amide) rings is 1. The molecule has 2 aliphatic heterocycles. The maximum Gasteiger partial charge on any atom is 0.310 e. The zero-order valence-corrected chi connectivity index (χ0v) is 22.6. The summed E-state index contributed by atoms with van der Waals surface area (Å²) in [7, 11) is 0. The molecule has 10 nitrogen and oxygen atoms in total. The first kappa shape index (κ1) is 27.4. The number of esters is 2. The first-order valence-electron chi connectivity index (χ1n) is 11.9. The summed E-state index contributed by atoms with van der Waals surface area (Å²) in [4.78, 5) is 64.6. The van der Waals surface area contributed by atoms with Gasteiger partial charge in [0.05, 0.1) is 13.0 Å². The number of thiophene rings is 1. The lowest BCUT2D eigenvalue weighted by Crippen LogP contribution is -2.62. The van der Waals surface area contributed by atoms with Gasteiger partial charge < -0.3 is 20.1 Å². The second kappa shape index (κ2) is 11.8. The Balaban J connectivity index is 1.65. The third kappa shape index (κ3) is 5.91. The second-order valence-electron chi connectivity index (χ2n) is 8.60. The smallest absolute Gasteiger partial charge is 0.310 e. The lowest BCUT2D eigenvalue weighted by Gasteiger charge is -2.51. The Morgan fingerprint density at radius 1 is 1.05 bits per heavy atom. The molecule has 1 fully saturated rings. The predicted molar refractivity (Wildman–Crippen MR) is 142 cm³/mol. The van der Waals surface area contributed by atoms with Gasteiger partial charge in [0.1, 0.15) is 29.0 Å². The Labute approximate surface area is 227 Å². The Morgan fingerprint density at radius 2 is 1.79 bits per heavy atom. The molecule has 1 aromatic heterocycles. The summed E-state index contributed by atoms with van der Waals surface area (Å²) in [5.74, 6) is -2.53. The lowest BCUT2D eigenvalue weighted by molar-refractivity contribution is -0.144. The normalized spacial score (nSPS) is 20.2. The molecular weight excluding hydrogens is 530 g/mol. The number of carbonyl (C=O) groups excluding carboxylic acids is 5. The standard InChI is InChI=1S/C26H27N3O7S2/c1-4-35-20(32)12-16-7-9-17(10-8-16)28-23(33)22-18(13-36-15(3)31)24(27-14(2)30)38-26-21(25(34)29(22)26)19-6-5-11-37-19/h5-11,21,24,26H,4,12-13H2,1-3H3,(H,27,30)(H,28,33)/t21-,24?,26-/m1/s1. The van der Waals surface area contributed by atoms with E-state index >= 15 is 0 Å². The largest absolute Gasteiger partial charge is 0.466 e. The number of hydrogen-bond donors (Lipinski definition) is 2. The number of carbonyl (C=O) groups is 5. The van der Waals surface area contributed by atoms with Gasteiger partial charge in [-0.1, -0.05) is 18.2 Å². The van der Waals surface area contributed by atoms with E-state index in [-0.39, 0.29) is 36.5 Å². The highest BCUT2D eigenvalue weighted by Crippen LogP contribution is 2.51. The molecule has 4 rings (SSSR count). The summed E-state index contributed by atoms with van der Waals surface area (Å²) < 4.78 is 10.2. The number of ether oxygens (including phenoxy) is 2. The molecule has 3 atom stereocenters. The highest BCUT2D eigenvalue weighted by molar-refractivity contribution is 8.00. The molecule has 12 heteroatoms. The topological polar surface area (TPSA) is 131 Å². The molecule has 1 saturated heterocycles. The van der Waals surface area contributed by atoms with Crippen molar-refractivity contribution in [2.75, 3.05) is 18.5 Å². The molecule has 1 unspecified atom stereocenters. The van der Waals surface area contributed by atoms with Crippen LogP contribution in [0, 0.1) is 0 Å². The van der Waals surface area contributed by atoms with E-state index in [0.717, 1.165) is 4.88 Å². The van der Waals surface area contributed by atoms with Gasteiger partial charge in [-0.25, -0.2) is 0 Å². The van der Waals surface area contributed by atoms with Crippen LogP contribution in [0.15, 0.2) is 53.0 Å². The van der Waals surface area contributed by atoms with E-state index in [2.05, 4.69) is 10.6 Å². The molecule has 0 radical (unpaired) electrons. The van der Waals surface area contributed by atoms with Gasteiger partial charge in [-0.15, -0.1) is 23.1 Å². The summed E-state index contributed by atoms with van der Waals surface area (Å²) in [6.07, 6.45) is 0.101. The average Bonchev–Trinajstić information content (AvgIpc) is 3.37. The third-order valence-corrected chi connectivity index (χ3v) is 8.27. The van der Waals surface area contributed by atoms with Crippen LogP contribution in [0.5, 0.6) is 0 Å². The highest BCUT2D eigenvalue weighted by Gasteiger charge is 2.56. The molecule has 1 aromatic carbocycles. The van der Waals surface area contributed by atoms with E-state index < -0.39 is 28.5 Å². The van der Waals surface area contributed by atoms with Crippen molar-refractivity contribution in [3.05, 3.63) is 63.5 Å². The molecule has 0 aliphatic carbocycles. The number of nitrogens with one attached hydrogen (secondary N) is 2. The van der Waals surface area contributed by atoms with Crippen LogP contribution in [0.1, 0.15) is 37.1 Å². The summed E-state index contributed by atoms with van der Waals surface area (Å²) in [6.45, 7) is 4.35. The van der Waals surface area contributed by atoms with E-state index in [1.54, 1.807) is 31.2 Å². The van der Waals surface area contributed by atoms with Gasteiger partial charge in [-0.2, -0.15) is 0 Å². The number of benzene rings is 1. The molecule has 38 heavy (non-hydrogen) atoms. The van der Waals surface area contributed by atoms with E-state index in [0.29, 0.717) is 23.4 Å². The molecule has 0 bridgehead atoms. The zero-order valence-electron chi connectivity index (χ0n) is 21.0. The number of anilines is 1. The molecule has 200 valence electrons. The van der Waals surface area contributed by atoms with Gasteiger partial charge in [0.25, 0.3) is 5.91 Å². The van der Waals surface area contributed by atoms with E-state index in [1.165, 1.54) is 41.8 Å². The Morgan fingerprint density at radius 3 is 2.39 bits per heavy atom. The van der Waals surface area contributed by atoms with Crippen LogP contribution in [0.3, 0.4) is 0 Å². The summed E-state index contributed by atoms with van der Waals surface area (Å²) in [5, 5.41) is 6.39. The minimum Gasteiger partial charge on any atom is -0.466 e. The molecule has 2 aliphatic rings. The van der Waals surface area contributed by atoms with Crippen LogP contribution in [-0.2, 0) is 39.9 Å². The lowest BCUT2D eigenvalue weighted by atomic mass is 9.93. The van der Waals surface area contributed by atoms with Gasteiger partial charge in [0, 0.05) is 30.0 Å². The van der Waals surface area contributed by atoms with E-state index in [4.69, 9.17) is 9.47 Å². The summed E-state index contributed by atoms with van der Waals surface area (Å²) in [6, 6.07) is 10.4. The molecule has 0 spiro atoms. The number of rotatable bonds is 9. The maximum atomic E-state index is 13.6.